The van der Waals surface area contributed by atoms with Crippen molar-refractivity contribution in [3.05, 3.63) is 88.9 Å². The number of hydrogen-bond acceptors (Lipinski definition) is 5. The Balaban J connectivity index is 1.84. The number of hydrogen-bond donors (Lipinski definition) is 1. The molecule has 0 aliphatic rings. The first-order valence-corrected chi connectivity index (χ1v) is 11.9. The van der Waals surface area contributed by atoms with E-state index in [1.807, 2.05) is 43.5 Å². The Bertz CT molecular complexity index is 1440. The molecule has 0 bridgehead atoms. The van der Waals surface area contributed by atoms with Gasteiger partial charge in [0.1, 0.15) is 11.4 Å². The van der Waals surface area contributed by atoms with Crippen LogP contribution in [0, 0.1) is 20.8 Å². The number of aromatic nitrogens is 2. The Hall–Kier alpha value is -3.65. The van der Waals surface area contributed by atoms with Crippen LogP contribution in [0.2, 0.25) is 0 Å². The molecule has 0 radical (unpaired) electrons. The summed E-state index contributed by atoms with van der Waals surface area (Å²) in [6, 6.07) is 14.1. The summed E-state index contributed by atoms with van der Waals surface area (Å²) in [5.74, 6) is -0.109. The SMILES string of the molecule is COc1cccc2c1cc(C(=O)NS(=O)(=O)c1ccncc1)n2Cc1c(C)cc(C)cc1C. The number of fused-ring (bicyclic) bond motifs is 1. The molecule has 2 aromatic heterocycles. The standard InChI is InChI=1S/C25H25N3O4S/c1-16-12-17(2)21(18(3)13-16)15-28-22-6-5-7-24(32-4)20(22)14-23(28)25(29)27-33(30,31)19-8-10-26-11-9-19/h5-14H,15H2,1-4H3,(H,27,29). The number of methoxy groups -OCH3 is 1. The molecule has 7 nitrogen and oxygen atoms in total. The molecule has 1 N–H and O–H groups in total. The smallest absolute Gasteiger partial charge is 0.281 e. The van der Waals surface area contributed by atoms with Gasteiger partial charge in [0.05, 0.1) is 17.5 Å². The summed E-state index contributed by atoms with van der Waals surface area (Å²) in [5, 5.41) is 0.730. The van der Waals surface area contributed by atoms with Crippen LogP contribution in [0.15, 0.2) is 65.8 Å². The number of carbonyl (C=O) groups excluding carboxylic acids is 1. The summed E-state index contributed by atoms with van der Waals surface area (Å²) in [7, 11) is -2.49. The molecule has 0 fully saturated rings. The molecule has 0 aliphatic heterocycles. The van der Waals surface area contributed by atoms with Crippen molar-refractivity contribution in [3.8, 4) is 5.75 Å². The van der Waals surface area contributed by atoms with Crippen molar-refractivity contribution in [1.82, 2.24) is 14.3 Å². The Morgan fingerprint density at radius 2 is 1.70 bits per heavy atom. The molecule has 8 heteroatoms. The lowest BCUT2D eigenvalue weighted by atomic mass is 9.99. The fourth-order valence-corrected chi connectivity index (χ4v) is 5.11. The van der Waals surface area contributed by atoms with Crippen LogP contribution >= 0.6 is 0 Å². The van der Waals surface area contributed by atoms with Gasteiger partial charge in [-0.05, 0) is 67.8 Å². The van der Waals surface area contributed by atoms with Gasteiger partial charge in [0.25, 0.3) is 15.9 Å². The van der Waals surface area contributed by atoms with E-state index in [-0.39, 0.29) is 10.6 Å². The van der Waals surface area contributed by atoms with Crippen molar-refractivity contribution in [1.29, 1.82) is 0 Å². The molecule has 0 saturated heterocycles. The fraction of sp³-hybridized carbons (Fsp3) is 0.200. The molecule has 1 amide bonds. The number of nitrogens with one attached hydrogen (secondary N) is 1. The Kier molecular flexibility index (Phi) is 5.95. The fourth-order valence-electron chi connectivity index (χ4n) is 4.16. The third-order valence-electron chi connectivity index (χ3n) is 5.70. The first-order valence-electron chi connectivity index (χ1n) is 10.4. The van der Waals surface area contributed by atoms with E-state index in [4.69, 9.17) is 4.74 Å². The van der Waals surface area contributed by atoms with Gasteiger partial charge in [-0.15, -0.1) is 0 Å². The Labute approximate surface area is 193 Å². The Morgan fingerprint density at radius 3 is 2.33 bits per heavy atom. The van der Waals surface area contributed by atoms with Crippen molar-refractivity contribution >= 4 is 26.8 Å². The zero-order valence-electron chi connectivity index (χ0n) is 18.9. The summed E-state index contributed by atoms with van der Waals surface area (Å²) in [4.78, 5) is 17.1. The van der Waals surface area contributed by atoms with Gasteiger partial charge >= 0.3 is 0 Å². The number of amides is 1. The van der Waals surface area contributed by atoms with Crippen LogP contribution < -0.4 is 9.46 Å². The minimum absolute atomic E-state index is 0.0312. The lowest BCUT2D eigenvalue weighted by molar-refractivity contribution is 0.0973. The molecule has 4 rings (SSSR count). The average Bonchev–Trinajstić information content (AvgIpc) is 3.15. The number of rotatable bonds is 6. The summed E-state index contributed by atoms with van der Waals surface area (Å²) >= 11 is 0. The van der Waals surface area contributed by atoms with Crippen molar-refractivity contribution in [2.45, 2.75) is 32.2 Å². The van der Waals surface area contributed by atoms with E-state index in [2.05, 4.69) is 21.8 Å². The largest absolute Gasteiger partial charge is 0.496 e. The summed E-state index contributed by atoms with van der Waals surface area (Å²) < 4.78 is 35.1. The molecule has 4 aromatic rings. The maximum absolute atomic E-state index is 13.3. The second-order valence-electron chi connectivity index (χ2n) is 8.00. The van der Waals surface area contributed by atoms with Crippen LogP contribution in [0.5, 0.6) is 5.75 Å². The maximum Gasteiger partial charge on any atom is 0.281 e. The molecular formula is C25H25N3O4S. The summed E-state index contributed by atoms with van der Waals surface area (Å²) in [6.45, 7) is 6.53. The number of pyridine rings is 1. The Morgan fingerprint density at radius 1 is 1.03 bits per heavy atom. The van der Waals surface area contributed by atoms with Gasteiger partial charge in [0, 0.05) is 24.3 Å². The molecule has 0 aliphatic carbocycles. The van der Waals surface area contributed by atoms with Gasteiger partial charge in [0.15, 0.2) is 0 Å². The molecule has 2 heterocycles. The minimum Gasteiger partial charge on any atom is -0.496 e. The topological polar surface area (TPSA) is 90.3 Å². The molecule has 33 heavy (non-hydrogen) atoms. The van der Waals surface area contributed by atoms with Crippen LogP contribution in [0.4, 0.5) is 0 Å². The number of sulfonamides is 1. The maximum atomic E-state index is 13.3. The minimum atomic E-state index is -4.06. The third kappa shape index (κ3) is 4.34. The van der Waals surface area contributed by atoms with E-state index in [0.29, 0.717) is 12.3 Å². The zero-order valence-corrected chi connectivity index (χ0v) is 19.7. The van der Waals surface area contributed by atoms with E-state index in [9.17, 15) is 13.2 Å². The summed E-state index contributed by atoms with van der Waals surface area (Å²) in [5.41, 5.74) is 5.45. The van der Waals surface area contributed by atoms with Crippen LogP contribution in [0.1, 0.15) is 32.7 Å². The van der Waals surface area contributed by atoms with Gasteiger partial charge < -0.3 is 9.30 Å². The van der Waals surface area contributed by atoms with Crippen LogP contribution in [0.25, 0.3) is 10.9 Å². The highest BCUT2D eigenvalue weighted by Crippen LogP contribution is 2.31. The van der Waals surface area contributed by atoms with E-state index in [1.165, 1.54) is 24.5 Å². The van der Waals surface area contributed by atoms with Crippen molar-refractivity contribution in [2.24, 2.45) is 0 Å². The van der Waals surface area contributed by atoms with Crippen molar-refractivity contribution in [2.75, 3.05) is 7.11 Å². The highest BCUT2D eigenvalue weighted by atomic mass is 32.2. The number of aryl methyl sites for hydroxylation is 3. The number of nitrogens with zero attached hydrogens (tertiary/aromatic N) is 2. The molecule has 0 saturated carbocycles. The first kappa shape index (κ1) is 22.5. The predicted molar refractivity (Wildman–Crippen MR) is 127 cm³/mol. The monoisotopic (exact) mass is 463 g/mol. The van der Waals surface area contributed by atoms with Crippen LogP contribution in [-0.4, -0.2) is 31.0 Å². The third-order valence-corrected chi connectivity index (χ3v) is 7.05. The lowest BCUT2D eigenvalue weighted by Gasteiger charge is -2.16. The van der Waals surface area contributed by atoms with Crippen molar-refractivity contribution in [3.63, 3.8) is 0 Å². The highest BCUT2D eigenvalue weighted by molar-refractivity contribution is 7.90. The predicted octanol–water partition coefficient (Wildman–Crippen LogP) is 4.14. The van der Waals surface area contributed by atoms with Gasteiger partial charge in [-0.1, -0.05) is 23.8 Å². The van der Waals surface area contributed by atoms with Crippen LogP contribution in [-0.2, 0) is 16.6 Å². The number of benzene rings is 2. The van der Waals surface area contributed by atoms with Gasteiger partial charge in [-0.3, -0.25) is 9.78 Å². The van der Waals surface area contributed by atoms with Gasteiger partial charge in [0.2, 0.25) is 0 Å². The highest BCUT2D eigenvalue weighted by Gasteiger charge is 2.24. The van der Waals surface area contributed by atoms with Gasteiger partial charge in [-0.2, -0.15) is 0 Å². The van der Waals surface area contributed by atoms with E-state index >= 15 is 0 Å². The van der Waals surface area contributed by atoms with Crippen molar-refractivity contribution < 1.29 is 17.9 Å². The van der Waals surface area contributed by atoms with E-state index in [0.717, 1.165) is 33.2 Å². The molecule has 0 atom stereocenters. The number of ether oxygens (including phenoxy) is 1. The van der Waals surface area contributed by atoms with E-state index < -0.39 is 15.9 Å². The second kappa shape index (κ2) is 8.71. The second-order valence-corrected chi connectivity index (χ2v) is 9.69. The number of carbonyl (C=O) groups is 1. The van der Waals surface area contributed by atoms with Gasteiger partial charge in [-0.25, -0.2) is 13.1 Å². The molecule has 0 spiro atoms. The normalized spacial score (nSPS) is 11.5. The molecular weight excluding hydrogens is 438 g/mol. The van der Waals surface area contributed by atoms with Crippen LogP contribution in [0.3, 0.4) is 0 Å². The van der Waals surface area contributed by atoms with E-state index in [1.54, 1.807) is 13.2 Å². The average molecular weight is 464 g/mol. The zero-order chi connectivity index (χ0) is 23.8. The molecule has 0 unspecified atom stereocenters. The summed E-state index contributed by atoms with van der Waals surface area (Å²) in [6.07, 6.45) is 2.73. The lowest BCUT2D eigenvalue weighted by Crippen LogP contribution is -2.32. The first-order chi connectivity index (χ1) is 15.7. The molecule has 2 aromatic carbocycles. The molecule has 170 valence electrons. The quantitative estimate of drug-likeness (QED) is 0.464.